The summed E-state index contributed by atoms with van der Waals surface area (Å²) in [6.07, 6.45) is 0.865. The topological polar surface area (TPSA) is 165 Å². The number of aromatic nitrogens is 2. The van der Waals surface area contributed by atoms with Gasteiger partial charge in [0, 0.05) is 12.1 Å². The molecular weight excluding hydrogens is 444 g/mol. The summed E-state index contributed by atoms with van der Waals surface area (Å²) in [6, 6.07) is 13.0. The predicted molar refractivity (Wildman–Crippen MR) is 122 cm³/mol. The van der Waals surface area contributed by atoms with E-state index in [2.05, 4.69) is 10.4 Å². The average Bonchev–Trinajstić information content (AvgIpc) is 2.81. The van der Waals surface area contributed by atoms with E-state index in [1.54, 1.807) is 36.4 Å². The van der Waals surface area contributed by atoms with Crippen LogP contribution in [0, 0.1) is 10.1 Å². The molecule has 0 bridgehead atoms. The molecule has 0 radical (unpaired) electrons. The van der Waals surface area contributed by atoms with Gasteiger partial charge in [0.05, 0.1) is 11.5 Å². The highest BCUT2D eigenvalue weighted by atomic mass is 16.6. The summed E-state index contributed by atoms with van der Waals surface area (Å²) in [5.41, 5.74) is 0.658. The lowest BCUT2D eigenvalue weighted by Crippen LogP contribution is -2.37. The van der Waals surface area contributed by atoms with Crippen LogP contribution < -0.4 is 10.9 Å². The number of nitro benzene ring substituents is 1. The van der Waals surface area contributed by atoms with Gasteiger partial charge in [-0.3, -0.25) is 24.5 Å². The van der Waals surface area contributed by atoms with Gasteiger partial charge in [-0.15, -0.1) is 0 Å². The summed E-state index contributed by atoms with van der Waals surface area (Å²) in [4.78, 5) is 46.8. The molecule has 1 aromatic heterocycles. The van der Waals surface area contributed by atoms with Crippen LogP contribution in [-0.4, -0.2) is 43.3 Å². The Balaban J connectivity index is 2.06. The monoisotopic (exact) mass is 466 g/mol. The zero-order valence-corrected chi connectivity index (χ0v) is 18.2. The van der Waals surface area contributed by atoms with E-state index in [1.165, 1.54) is 12.1 Å². The average molecular weight is 466 g/mol. The van der Waals surface area contributed by atoms with Crippen molar-refractivity contribution in [3.8, 4) is 16.9 Å². The van der Waals surface area contributed by atoms with Crippen molar-refractivity contribution in [1.29, 1.82) is 0 Å². The number of carbonyl (C=O) groups is 2. The fourth-order valence-corrected chi connectivity index (χ4v) is 3.44. The SMILES string of the molecule is CCCc1nn(Cc2ccccc2-c2ccc([N+](=O)[O-])cc2)c(=O)c(C(=O)NCC(=O)O)c1O. The Bertz CT molecular complexity index is 1300. The zero-order valence-electron chi connectivity index (χ0n) is 18.2. The second-order valence-corrected chi connectivity index (χ2v) is 7.42. The lowest BCUT2D eigenvalue weighted by Gasteiger charge is -2.15. The number of nitrogens with zero attached hydrogens (tertiary/aromatic N) is 3. The number of benzene rings is 2. The van der Waals surface area contributed by atoms with E-state index >= 15 is 0 Å². The molecule has 0 atom stereocenters. The van der Waals surface area contributed by atoms with Crippen molar-refractivity contribution < 1.29 is 24.7 Å². The number of carbonyl (C=O) groups excluding carboxylic acids is 1. The van der Waals surface area contributed by atoms with Gasteiger partial charge in [-0.25, -0.2) is 4.68 Å². The first-order valence-electron chi connectivity index (χ1n) is 10.4. The van der Waals surface area contributed by atoms with Gasteiger partial charge in [0.1, 0.15) is 17.8 Å². The molecular formula is C23H22N4O7. The Morgan fingerprint density at radius 2 is 1.82 bits per heavy atom. The number of amides is 1. The van der Waals surface area contributed by atoms with Gasteiger partial charge in [0.15, 0.2) is 5.75 Å². The van der Waals surface area contributed by atoms with E-state index in [1.807, 2.05) is 6.92 Å². The standard InChI is InChI=1S/C23H22N4O7/c1-2-5-18-21(30)20(22(31)24-12-19(28)29)23(32)26(25-18)13-15-6-3-4-7-17(15)14-8-10-16(11-9-14)27(33)34/h3-4,6-11,30H,2,5,12-13H2,1H3,(H,24,31)(H,28,29). The highest BCUT2D eigenvalue weighted by Gasteiger charge is 2.23. The number of rotatable bonds is 9. The normalized spacial score (nSPS) is 10.6. The third kappa shape index (κ3) is 5.26. The molecule has 34 heavy (non-hydrogen) atoms. The van der Waals surface area contributed by atoms with Crippen molar-refractivity contribution in [3.05, 3.63) is 85.8 Å². The van der Waals surface area contributed by atoms with Crippen LogP contribution in [0.2, 0.25) is 0 Å². The van der Waals surface area contributed by atoms with E-state index in [0.717, 1.165) is 4.68 Å². The van der Waals surface area contributed by atoms with Gasteiger partial charge in [-0.1, -0.05) is 37.6 Å². The molecule has 3 rings (SSSR count). The van der Waals surface area contributed by atoms with Crippen LogP contribution in [0.5, 0.6) is 5.75 Å². The van der Waals surface area contributed by atoms with E-state index < -0.39 is 40.2 Å². The molecule has 1 amide bonds. The first-order valence-corrected chi connectivity index (χ1v) is 10.4. The van der Waals surface area contributed by atoms with Gasteiger partial charge < -0.3 is 15.5 Å². The number of aryl methyl sites for hydroxylation is 1. The van der Waals surface area contributed by atoms with Crippen molar-refractivity contribution in [2.24, 2.45) is 0 Å². The van der Waals surface area contributed by atoms with E-state index in [9.17, 15) is 29.6 Å². The minimum atomic E-state index is -1.30. The van der Waals surface area contributed by atoms with Crippen LogP contribution in [0.1, 0.15) is 35.0 Å². The largest absolute Gasteiger partial charge is 0.505 e. The maximum Gasteiger partial charge on any atom is 0.322 e. The summed E-state index contributed by atoms with van der Waals surface area (Å²) < 4.78 is 1.05. The molecule has 11 nitrogen and oxygen atoms in total. The molecule has 1 heterocycles. The fourth-order valence-electron chi connectivity index (χ4n) is 3.44. The van der Waals surface area contributed by atoms with Crippen molar-refractivity contribution in [3.63, 3.8) is 0 Å². The lowest BCUT2D eigenvalue weighted by atomic mass is 9.99. The molecule has 0 saturated heterocycles. The molecule has 3 aromatic rings. The molecule has 0 aliphatic carbocycles. The molecule has 11 heteroatoms. The summed E-state index contributed by atoms with van der Waals surface area (Å²) in [6.45, 7) is 1.07. The van der Waals surface area contributed by atoms with Crippen LogP contribution >= 0.6 is 0 Å². The number of non-ortho nitro benzene ring substituents is 1. The van der Waals surface area contributed by atoms with Gasteiger partial charge in [0.25, 0.3) is 17.2 Å². The maximum absolute atomic E-state index is 13.1. The third-order valence-electron chi connectivity index (χ3n) is 5.04. The van der Waals surface area contributed by atoms with Gasteiger partial charge in [-0.05, 0) is 35.2 Å². The second kappa shape index (κ2) is 10.4. The smallest absolute Gasteiger partial charge is 0.322 e. The van der Waals surface area contributed by atoms with Crippen LogP contribution in [0.15, 0.2) is 53.3 Å². The summed E-state index contributed by atoms with van der Waals surface area (Å²) in [7, 11) is 0. The second-order valence-electron chi connectivity index (χ2n) is 7.42. The quantitative estimate of drug-likeness (QED) is 0.319. The van der Waals surface area contributed by atoms with Crippen LogP contribution in [-0.2, 0) is 17.8 Å². The maximum atomic E-state index is 13.1. The summed E-state index contributed by atoms with van der Waals surface area (Å²) >= 11 is 0. The first kappa shape index (κ1) is 24.1. The number of aromatic hydroxyl groups is 1. The molecule has 0 aliphatic heterocycles. The van der Waals surface area contributed by atoms with Crippen LogP contribution in [0.4, 0.5) is 5.69 Å². The van der Waals surface area contributed by atoms with Crippen LogP contribution in [0.3, 0.4) is 0 Å². The molecule has 0 unspecified atom stereocenters. The Morgan fingerprint density at radius 1 is 1.15 bits per heavy atom. The number of hydrogen-bond donors (Lipinski definition) is 3. The molecule has 0 fully saturated rings. The highest BCUT2D eigenvalue weighted by Crippen LogP contribution is 2.27. The highest BCUT2D eigenvalue weighted by molar-refractivity contribution is 5.98. The minimum absolute atomic E-state index is 0.0534. The number of carboxylic acids is 1. The molecule has 176 valence electrons. The fraction of sp³-hybridized carbons (Fsp3) is 0.217. The molecule has 0 saturated carbocycles. The van der Waals surface area contributed by atoms with Gasteiger partial charge in [0.2, 0.25) is 0 Å². The zero-order chi connectivity index (χ0) is 24.8. The number of nitrogens with one attached hydrogen (secondary N) is 1. The van der Waals surface area contributed by atoms with E-state index in [-0.39, 0.29) is 24.3 Å². The molecule has 0 aliphatic rings. The number of nitro groups is 1. The molecule has 3 N–H and O–H groups in total. The summed E-state index contributed by atoms with van der Waals surface area (Å²) in [5.74, 6) is -2.88. The number of hydrogen-bond acceptors (Lipinski definition) is 7. The first-order chi connectivity index (χ1) is 16.2. The van der Waals surface area contributed by atoms with Gasteiger partial charge >= 0.3 is 5.97 Å². The Kier molecular flexibility index (Phi) is 7.36. The van der Waals surface area contributed by atoms with Crippen molar-refractivity contribution in [2.75, 3.05) is 6.54 Å². The van der Waals surface area contributed by atoms with Gasteiger partial charge in [-0.2, -0.15) is 5.10 Å². The Labute approximate surface area is 193 Å². The van der Waals surface area contributed by atoms with Crippen LogP contribution in [0.25, 0.3) is 11.1 Å². The van der Waals surface area contributed by atoms with E-state index in [4.69, 9.17) is 5.11 Å². The molecule has 0 spiro atoms. The third-order valence-corrected chi connectivity index (χ3v) is 5.04. The van der Waals surface area contributed by atoms with E-state index in [0.29, 0.717) is 23.1 Å². The van der Waals surface area contributed by atoms with Crippen molar-refractivity contribution in [1.82, 2.24) is 15.1 Å². The molecule has 2 aromatic carbocycles. The number of carboxylic acid groups (broad SMARTS) is 1. The summed E-state index contributed by atoms with van der Waals surface area (Å²) in [5, 5.41) is 36.6. The lowest BCUT2D eigenvalue weighted by molar-refractivity contribution is -0.384. The Hall–Kier alpha value is -4.54. The van der Waals surface area contributed by atoms with Crippen molar-refractivity contribution in [2.45, 2.75) is 26.3 Å². The number of aliphatic carboxylic acids is 1. The Morgan fingerprint density at radius 3 is 2.44 bits per heavy atom. The minimum Gasteiger partial charge on any atom is -0.505 e. The predicted octanol–water partition coefficient (Wildman–Crippen LogP) is 2.34. The van der Waals surface area contributed by atoms with Crippen molar-refractivity contribution >= 4 is 17.6 Å².